The summed E-state index contributed by atoms with van der Waals surface area (Å²) in [5.74, 6) is 0.510. The molecule has 0 spiro atoms. The molecule has 1 atom stereocenters. The molecular weight excluding hydrogens is 279 g/mol. The molecule has 1 aromatic heterocycles. The summed E-state index contributed by atoms with van der Waals surface area (Å²) in [6.07, 6.45) is 2.04. The largest absolute Gasteiger partial charge is 0.330 e. The number of nitrogens with one attached hydrogen (secondary N) is 1. The number of rotatable bonds is 3. The fourth-order valence-corrected chi connectivity index (χ4v) is 3.05. The number of benzene rings is 1. The van der Waals surface area contributed by atoms with E-state index in [4.69, 9.17) is 23.8 Å². The second kappa shape index (κ2) is 5.00. The third kappa shape index (κ3) is 2.37. The lowest BCUT2D eigenvalue weighted by Crippen LogP contribution is -2.07. The van der Waals surface area contributed by atoms with Gasteiger partial charge in [-0.25, -0.2) is 4.39 Å². The number of thioether (sulfide) groups is 1. The minimum atomic E-state index is -0.430. The van der Waals surface area contributed by atoms with E-state index >= 15 is 0 Å². The molecule has 2 nitrogen and oxygen atoms in total. The van der Waals surface area contributed by atoms with Crippen molar-refractivity contribution in [2.24, 2.45) is 0 Å². The smallest absolute Gasteiger partial charge is 0.178 e. The molecule has 0 aliphatic rings. The Kier molecular flexibility index (Phi) is 3.80. The van der Waals surface area contributed by atoms with E-state index in [1.807, 2.05) is 10.8 Å². The maximum atomic E-state index is 13.3. The average molecular weight is 291 g/mol. The van der Waals surface area contributed by atoms with E-state index in [-0.39, 0.29) is 11.1 Å². The quantitative estimate of drug-likeness (QED) is 0.845. The SMILES string of the molecule is CSCC(C)n1c(=S)[nH]c2cc(F)c(Cl)cc21. The fourth-order valence-electron chi connectivity index (χ4n) is 1.87. The summed E-state index contributed by atoms with van der Waals surface area (Å²) in [6.45, 7) is 2.08. The first-order valence-corrected chi connectivity index (χ1v) is 7.30. The summed E-state index contributed by atoms with van der Waals surface area (Å²) in [7, 11) is 0. The molecule has 2 rings (SSSR count). The van der Waals surface area contributed by atoms with E-state index in [0.717, 1.165) is 11.3 Å². The normalized spacial score (nSPS) is 13.2. The number of aromatic amines is 1. The zero-order chi connectivity index (χ0) is 12.6. The van der Waals surface area contributed by atoms with Gasteiger partial charge < -0.3 is 9.55 Å². The van der Waals surface area contributed by atoms with Crippen molar-refractivity contribution in [3.63, 3.8) is 0 Å². The second-order valence-corrected chi connectivity index (χ2v) is 5.59. The van der Waals surface area contributed by atoms with E-state index in [1.165, 1.54) is 6.07 Å². The van der Waals surface area contributed by atoms with Crippen molar-refractivity contribution >= 4 is 46.6 Å². The standard InChI is InChI=1S/C11H12ClFN2S2/c1-6(5-17-2)15-10-3-7(12)8(13)4-9(10)14-11(15)16/h3-4,6H,5H2,1-2H3,(H,14,16). The third-order valence-electron chi connectivity index (χ3n) is 2.61. The van der Waals surface area contributed by atoms with Gasteiger partial charge in [0.25, 0.3) is 0 Å². The molecule has 1 aromatic carbocycles. The van der Waals surface area contributed by atoms with E-state index in [1.54, 1.807) is 17.8 Å². The number of H-pyrrole nitrogens is 1. The van der Waals surface area contributed by atoms with Crippen LogP contribution in [0.5, 0.6) is 0 Å². The van der Waals surface area contributed by atoms with Crippen LogP contribution in [0.3, 0.4) is 0 Å². The van der Waals surface area contributed by atoms with Crippen LogP contribution in [0, 0.1) is 10.6 Å². The van der Waals surface area contributed by atoms with Crippen LogP contribution in [-0.2, 0) is 0 Å². The molecular formula is C11H12ClFN2S2. The van der Waals surface area contributed by atoms with Crippen LogP contribution in [0.4, 0.5) is 4.39 Å². The fraction of sp³-hybridized carbons (Fsp3) is 0.364. The van der Waals surface area contributed by atoms with Crippen molar-refractivity contribution < 1.29 is 4.39 Å². The highest BCUT2D eigenvalue weighted by Gasteiger charge is 2.13. The van der Waals surface area contributed by atoms with Crippen molar-refractivity contribution in [3.8, 4) is 0 Å². The van der Waals surface area contributed by atoms with Crippen LogP contribution in [-0.4, -0.2) is 21.6 Å². The van der Waals surface area contributed by atoms with Crippen molar-refractivity contribution in [1.29, 1.82) is 0 Å². The molecule has 6 heteroatoms. The molecule has 1 heterocycles. The van der Waals surface area contributed by atoms with Gasteiger partial charge in [0, 0.05) is 17.9 Å². The van der Waals surface area contributed by atoms with Gasteiger partial charge in [-0.05, 0) is 31.5 Å². The number of aromatic nitrogens is 2. The van der Waals surface area contributed by atoms with Crippen LogP contribution in [0.25, 0.3) is 11.0 Å². The van der Waals surface area contributed by atoms with E-state index < -0.39 is 5.82 Å². The van der Waals surface area contributed by atoms with Gasteiger partial charge in [0.15, 0.2) is 4.77 Å². The van der Waals surface area contributed by atoms with Crippen molar-refractivity contribution in [1.82, 2.24) is 9.55 Å². The highest BCUT2D eigenvalue weighted by atomic mass is 35.5. The van der Waals surface area contributed by atoms with Gasteiger partial charge in [-0.2, -0.15) is 11.8 Å². The molecule has 0 aliphatic carbocycles. The highest BCUT2D eigenvalue weighted by molar-refractivity contribution is 7.98. The first kappa shape index (κ1) is 12.9. The molecule has 1 N–H and O–H groups in total. The lowest BCUT2D eigenvalue weighted by molar-refractivity contribution is 0.617. The first-order chi connectivity index (χ1) is 8.04. The molecule has 0 aliphatic heterocycles. The first-order valence-electron chi connectivity index (χ1n) is 5.12. The Morgan fingerprint density at radius 3 is 2.94 bits per heavy atom. The summed E-state index contributed by atoms with van der Waals surface area (Å²) >= 11 is 12.8. The number of hydrogen-bond acceptors (Lipinski definition) is 2. The summed E-state index contributed by atoms with van der Waals surface area (Å²) in [5.41, 5.74) is 1.54. The monoisotopic (exact) mass is 290 g/mol. The maximum Gasteiger partial charge on any atom is 0.178 e. The zero-order valence-electron chi connectivity index (χ0n) is 9.46. The molecule has 0 bridgehead atoms. The highest BCUT2D eigenvalue weighted by Crippen LogP contribution is 2.26. The van der Waals surface area contributed by atoms with Crippen molar-refractivity contribution in [2.75, 3.05) is 12.0 Å². The van der Waals surface area contributed by atoms with Gasteiger partial charge >= 0.3 is 0 Å². The molecule has 0 amide bonds. The van der Waals surface area contributed by atoms with Crippen LogP contribution in [0.1, 0.15) is 13.0 Å². The van der Waals surface area contributed by atoms with E-state index in [0.29, 0.717) is 10.3 Å². The molecule has 17 heavy (non-hydrogen) atoms. The van der Waals surface area contributed by atoms with Gasteiger partial charge in [-0.1, -0.05) is 11.6 Å². The number of hydrogen-bond donors (Lipinski definition) is 1. The zero-order valence-corrected chi connectivity index (χ0v) is 11.8. The summed E-state index contributed by atoms with van der Waals surface area (Å²) in [5, 5.41) is 0.122. The van der Waals surface area contributed by atoms with Crippen LogP contribution < -0.4 is 0 Å². The van der Waals surface area contributed by atoms with Crippen molar-refractivity contribution in [2.45, 2.75) is 13.0 Å². The molecule has 0 saturated carbocycles. The maximum absolute atomic E-state index is 13.3. The molecule has 0 fully saturated rings. The number of nitrogens with zero attached hydrogens (tertiary/aromatic N) is 1. The molecule has 2 aromatic rings. The topological polar surface area (TPSA) is 20.7 Å². The van der Waals surface area contributed by atoms with Crippen LogP contribution >= 0.6 is 35.6 Å². The van der Waals surface area contributed by atoms with Crippen molar-refractivity contribution in [3.05, 3.63) is 27.7 Å². The molecule has 1 unspecified atom stereocenters. The molecule has 0 saturated heterocycles. The Balaban J connectivity index is 2.66. The van der Waals surface area contributed by atoms with E-state index in [2.05, 4.69) is 11.9 Å². The third-order valence-corrected chi connectivity index (χ3v) is 4.01. The number of fused-ring (bicyclic) bond motifs is 1. The number of halogens is 2. The Hall–Kier alpha value is -0.520. The van der Waals surface area contributed by atoms with Gasteiger partial charge in [-0.3, -0.25) is 0 Å². The molecule has 0 radical (unpaired) electrons. The summed E-state index contributed by atoms with van der Waals surface area (Å²) in [6, 6.07) is 3.25. The molecule has 92 valence electrons. The van der Waals surface area contributed by atoms with Gasteiger partial charge in [0.05, 0.1) is 16.1 Å². The van der Waals surface area contributed by atoms with Gasteiger partial charge in [0.2, 0.25) is 0 Å². The lowest BCUT2D eigenvalue weighted by atomic mass is 10.3. The van der Waals surface area contributed by atoms with Gasteiger partial charge in [0.1, 0.15) is 5.82 Å². The second-order valence-electron chi connectivity index (χ2n) is 3.89. The Morgan fingerprint density at radius 2 is 2.29 bits per heavy atom. The Morgan fingerprint density at radius 1 is 1.59 bits per heavy atom. The summed E-state index contributed by atoms with van der Waals surface area (Å²) < 4.78 is 15.9. The Bertz CT molecular complexity index is 605. The average Bonchev–Trinajstić information content (AvgIpc) is 2.55. The minimum Gasteiger partial charge on any atom is -0.330 e. The predicted octanol–water partition coefficient (Wildman–Crippen LogP) is 4.42. The van der Waals surface area contributed by atoms with Crippen LogP contribution in [0.15, 0.2) is 12.1 Å². The number of imidazole rings is 1. The van der Waals surface area contributed by atoms with Crippen LogP contribution in [0.2, 0.25) is 5.02 Å². The lowest BCUT2D eigenvalue weighted by Gasteiger charge is -2.13. The Labute approximate surface area is 113 Å². The minimum absolute atomic E-state index is 0.122. The summed E-state index contributed by atoms with van der Waals surface area (Å²) in [4.78, 5) is 3.00. The van der Waals surface area contributed by atoms with E-state index in [9.17, 15) is 4.39 Å². The predicted molar refractivity (Wildman–Crippen MR) is 75.2 cm³/mol. The van der Waals surface area contributed by atoms with Gasteiger partial charge in [-0.15, -0.1) is 0 Å².